The van der Waals surface area contributed by atoms with Gasteiger partial charge in [-0.2, -0.15) is 8.42 Å². The smallest absolute Gasteiger partial charge is 0.339 e. The molecule has 3 aromatic carbocycles. The van der Waals surface area contributed by atoms with E-state index in [0.717, 1.165) is 28.7 Å². The zero-order valence-corrected chi connectivity index (χ0v) is 19.6. The van der Waals surface area contributed by atoms with Crippen molar-refractivity contribution in [3.8, 4) is 5.75 Å². The van der Waals surface area contributed by atoms with E-state index in [4.69, 9.17) is 8.92 Å². The summed E-state index contributed by atoms with van der Waals surface area (Å²) in [6.45, 7) is 0.915. The van der Waals surface area contributed by atoms with Crippen LogP contribution in [0.3, 0.4) is 0 Å². The van der Waals surface area contributed by atoms with E-state index in [2.05, 4.69) is 15.9 Å². The molecule has 0 bridgehead atoms. The van der Waals surface area contributed by atoms with E-state index in [1.165, 1.54) is 6.07 Å². The molecule has 0 aliphatic carbocycles. The quantitative estimate of drug-likeness (QED) is 0.383. The molecule has 0 aliphatic heterocycles. The summed E-state index contributed by atoms with van der Waals surface area (Å²) < 4.78 is 49.2. The summed E-state index contributed by atoms with van der Waals surface area (Å²) in [6, 6.07) is 17.9. The lowest BCUT2D eigenvalue weighted by Crippen LogP contribution is -2.33. The van der Waals surface area contributed by atoms with Crippen molar-refractivity contribution in [2.75, 3.05) is 20.3 Å². The van der Waals surface area contributed by atoms with Crippen LogP contribution in [0, 0.1) is 5.82 Å². The highest BCUT2D eigenvalue weighted by Crippen LogP contribution is 2.22. The molecule has 6 nitrogen and oxygen atoms in total. The Bertz CT molecular complexity index is 1190. The van der Waals surface area contributed by atoms with Crippen LogP contribution in [0.5, 0.6) is 5.75 Å². The molecule has 0 atom stereocenters. The van der Waals surface area contributed by atoms with Crippen molar-refractivity contribution in [2.45, 2.75) is 11.4 Å². The summed E-state index contributed by atoms with van der Waals surface area (Å²) in [5, 5.41) is 0. The molecule has 0 saturated heterocycles. The number of nitrogens with zero attached hydrogens (tertiary/aromatic N) is 1. The molecular formula is C23H21BrFNO5S. The minimum atomic E-state index is -4.13. The average molecular weight is 522 g/mol. The second kappa shape index (κ2) is 10.7. The van der Waals surface area contributed by atoms with Gasteiger partial charge in [-0.25, -0.2) is 4.39 Å². The van der Waals surface area contributed by atoms with Crippen LogP contribution in [-0.4, -0.2) is 39.5 Å². The minimum absolute atomic E-state index is 0.0911. The number of hydrogen-bond acceptors (Lipinski definition) is 5. The lowest BCUT2D eigenvalue weighted by Gasteiger charge is -2.23. The SMILES string of the molecule is COCCN(Cc1cccc(OS(=O)(=O)c2ccc(F)cc2)c1)C(=O)c1cccc(Br)c1. The van der Waals surface area contributed by atoms with Gasteiger partial charge in [-0.1, -0.05) is 34.1 Å². The fraction of sp³-hybridized carbons (Fsp3) is 0.174. The number of benzene rings is 3. The number of amides is 1. The van der Waals surface area contributed by atoms with Crippen molar-refractivity contribution >= 4 is 32.0 Å². The van der Waals surface area contributed by atoms with Crippen molar-refractivity contribution in [2.24, 2.45) is 0 Å². The van der Waals surface area contributed by atoms with Crippen molar-refractivity contribution in [1.29, 1.82) is 0 Å². The van der Waals surface area contributed by atoms with Gasteiger partial charge in [0, 0.05) is 30.2 Å². The standard InChI is InChI=1S/C23H21BrFNO5S/c1-30-13-12-26(23(27)18-5-3-6-19(24)15-18)16-17-4-2-7-21(14-17)31-32(28,29)22-10-8-20(25)9-11-22/h2-11,14-15H,12-13,16H2,1H3. The first-order valence-corrected chi connectivity index (χ1v) is 11.8. The van der Waals surface area contributed by atoms with Crippen LogP contribution in [-0.2, 0) is 21.4 Å². The van der Waals surface area contributed by atoms with Crippen LogP contribution in [0.2, 0.25) is 0 Å². The van der Waals surface area contributed by atoms with Gasteiger partial charge in [0.2, 0.25) is 0 Å². The summed E-state index contributed by atoms with van der Waals surface area (Å²) in [7, 11) is -2.57. The molecule has 0 aliphatic rings. The molecule has 3 rings (SSSR count). The van der Waals surface area contributed by atoms with E-state index in [9.17, 15) is 17.6 Å². The topological polar surface area (TPSA) is 72.9 Å². The van der Waals surface area contributed by atoms with Gasteiger partial charge >= 0.3 is 10.1 Å². The molecule has 0 N–H and O–H groups in total. The van der Waals surface area contributed by atoms with Crippen molar-refractivity contribution in [1.82, 2.24) is 4.90 Å². The zero-order chi connectivity index (χ0) is 23.1. The number of halogens is 2. The fourth-order valence-electron chi connectivity index (χ4n) is 2.95. The molecule has 0 saturated carbocycles. The summed E-state index contributed by atoms with van der Waals surface area (Å²) in [6.07, 6.45) is 0. The minimum Gasteiger partial charge on any atom is -0.383 e. The second-order valence-corrected chi connectivity index (χ2v) is 9.33. The van der Waals surface area contributed by atoms with Crippen LogP contribution in [0.15, 0.2) is 82.2 Å². The number of ether oxygens (including phenoxy) is 1. The highest BCUT2D eigenvalue weighted by atomic mass is 79.9. The maximum atomic E-state index is 13.1. The third-order valence-electron chi connectivity index (χ3n) is 4.50. The first kappa shape index (κ1) is 23.9. The number of carbonyl (C=O) groups excluding carboxylic acids is 1. The van der Waals surface area contributed by atoms with Gasteiger partial charge in [0.05, 0.1) is 6.61 Å². The Balaban J connectivity index is 1.80. The maximum absolute atomic E-state index is 13.1. The van der Waals surface area contributed by atoms with Gasteiger partial charge in [0.15, 0.2) is 0 Å². The molecular weight excluding hydrogens is 501 g/mol. The van der Waals surface area contributed by atoms with Crippen molar-refractivity contribution in [3.05, 3.63) is 94.2 Å². The third kappa shape index (κ3) is 6.38. The Morgan fingerprint density at radius 2 is 1.75 bits per heavy atom. The molecule has 1 amide bonds. The Morgan fingerprint density at radius 1 is 1.03 bits per heavy atom. The fourth-order valence-corrected chi connectivity index (χ4v) is 4.27. The maximum Gasteiger partial charge on any atom is 0.339 e. The van der Waals surface area contributed by atoms with E-state index in [-0.39, 0.29) is 23.1 Å². The van der Waals surface area contributed by atoms with Crippen LogP contribution >= 0.6 is 15.9 Å². The van der Waals surface area contributed by atoms with Gasteiger partial charge in [-0.3, -0.25) is 4.79 Å². The van der Waals surface area contributed by atoms with Gasteiger partial charge in [0.25, 0.3) is 5.91 Å². The van der Waals surface area contributed by atoms with E-state index >= 15 is 0 Å². The monoisotopic (exact) mass is 521 g/mol. The van der Waals surface area contributed by atoms with Crippen LogP contribution in [0.1, 0.15) is 15.9 Å². The molecule has 9 heteroatoms. The molecule has 0 fully saturated rings. The van der Waals surface area contributed by atoms with E-state index in [1.54, 1.807) is 48.4 Å². The Morgan fingerprint density at radius 3 is 2.44 bits per heavy atom. The predicted octanol–water partition coefficient (Wildman–Crippen LogP) is 4.64. The highest BCUT2D eigenvalue weighted by Gasteiger charge is 2.19. The predicted molar refractivity (Wildman–Crippen MR) is 121 cm³/mol. The molecule has 3 aromatic rings. The highest BCUT2D eigenvalue weighted by molar-refractivity contribution is 9.10. The summed E-state index contributed by atoms with van der Waals surface area (Å²) >= 11 is 3.37. The Labute approximate surface area is 194 Å². The van der Waals surface area contributed by atoms with Crippen LogP contribution < -0.4 is 4.18 Å². The third-order valence-corrected chi connectivity index (χ3v) is 6.26. The molecule has 0 unspecified atom stereocenters. The largest absolute Gasteiger partial charge is 0.383 e. The van der Waals surface area contributed by atoms with Gasteiger partial charge in [0.1, 0.15) is 16.5 Å². The van der Waals surface area contributed by atoms with Crippen molar-refractivity contribution < 1.29 is 26.5 Å². The zero-order valence-electron chi connectivity index (χ0n) is 17.2. The van der Waals surface area contributed by atoms with Crippen molar-refractivity contribution in [3.63, 3.8) is 0 Å². The van der Waals surface area contributed by atoms with E-state index in [1.807, 2.05) is 6.07 Å². The molecule has 0 radical (unpaired) electrons. The first-order chi connectivity index (χ1) is 15.3. The van der Waals surface area contributed by atoms with Gasteiger partial charge < -0.3 is 13.8 Å². The first-order valence-electron chi connectivity index (χ1n) is 9.61. The van der Waals surface area contributed by atoms with Gasteiger partial charge in [-0.15, -0.1) is 0 Å². The number of rotatable bonds is 9. The summed E-state index contributed by atoms with van der Waals surface area (Å²) in [4.78, 5) is 14.5. The second-order valence-electron chi connectivity index (χ2n) is 6.87. The van der Waals surface area contributed by atoms with Crippen LogP contribution in [0.25, 0.3) is 0 Å². The summed E-state index contributed by atoms with van der Waals surface area (Å²) in [5.74, 6) is -0.640. The molecule has 0 spiro atoms. The van der Waals surface area contributed by atoms with Crippen LogP contribution in [0.4, 0.5) is 4.39 Å². The molecule has 32 heavy (non-hydrogen) atoms. The number of carbonyl (C=O) groups is 1. The molecule has 0 aromatic heterocycles. The normalized spacial score (nSPS) is 11.2. The lowest BCUT2D eigenvalue weighted by molar-refractivity contribution is 0.0680. The number of methoxy groups -OCH3 is 1. The van der Waals surface area contributed by atoms with Gasteiger partial charge in [-0.05, 0) is 60.2 Å². The van der Waals surface area contributed by atoms with E-state index < -0.39 is 15.9 Å². The lowest BCUT2D eigenvalue weighted by atomic mass is 10.1. The molecule has 168 valence electrons. The average Bonchev–Trinajstić information content (AvgIpc) is 2.76. The Hall–Kier alpha value is -2.75. The summed E-state index contributed by atoms with van der Waals surface area (Å²) in [5.41, 5.74) is 1.19. The molecule has 0 heterocycles. The number of hydrogen-bond donors (Lipinski definition) is 0. The van der Waals surface area contributed by atoms with E-state index in [0.29, 0.717) is 24.3 Å². The Kier molecular flexibility index (Phi) is 8.00.